The number of aromatic nitrogens is 1. The third kappa shape index (κ3) is 3.29. The quantitative estimate of drug-likeness (QED) is 0.884. The lowest BCUT2D eigenvalue weighted by Gasteiger charge is -2.25. The number of carbonyl (C=O) groups is 1. The van der Waals surface area contributed by atoms with Gasteiger partial charge in [-0.2, -0.15) is 0 Å². The van der Waals surface area contributed by atoms with Gasteiger partial charge in [-0.1, -0.05) is 11.3 Å². The van der Waals surface area contributed by atoms with E-state index in [2.05, 4.69) is 22.2 Å². The molecule has 0 radical (unpaired) electrons. The maximum atomic E-state index is 12.6. The largest absolute Gasteiger partial charge is 0.382 e. The lowest BCUT2D eigenvalue weighted by atomic mass is 9.93. The van der Waals surface area contributed by atoms with Crippen LogP contribution in [0.5, 0.6) is 0 Å². The van der Waals surface area contributed by atoms with Crippen molar-refractivity contribution in [3.05, 3.63) is 4.88 Å². The lowest BCUT2D eigenvalue weighted by molar-refractivity contribution is 0.0768. The van der Waals surface area contributed by atoms with Gasteiger partial charge in [-0.05, 0) is 39.3 Å². The van der Waals surface area contributed by atoms with Gasteiger partial charge >= 0.3 is 0 Å². The van der Waals surface area contributed by atoms with E-state index < -0.39 is 0 Å². The first-order valence-corrected chi connectivity index (χ1v) is 8.46. The Labute approximate surface area is 129 Å². The zero-order chi connectivity index (χ0) is 14.8. The van der Waals surface area contributed by atoms with Crippen LogP contribution in [0.1, 0.15) is 35.4 Å². The molecule has 1 aromatic rings. The van der Waals surface area contributed by atoms with Crippen LogP contribution in [-0.4, -0.2) is 60.0 Å². The van der Waals surface area contributed by atoms with Crippen molar-refractivity contribution in [1.82, 2.24) is 14.8 Å². The van der Waals surface area contributed by atoms with Crippen molar-refractivity contribution in [2.45, 2.75) is 31.7 Å². The number of nitrogens with zero attached hydrogens (tertiary/aromatic N) is 3. The fraction of sp³-hybridized carbons (Fsp3) is 0.714. The summed E-state index contributed by atoms with van der Waals surface area (Å²) in [6, 6.07) is 0.505. The smallest absolute Gasteiger partial charge is 0.267 e. The standard InChI is InChI=1S/C14H23N5OS/c1-18-6-3-7-19(9-8-18)13(20)11-12(15)17-14(21-11)16-10-4-2-5-10/h10H,2-9,15H2,1H3,(H,16,17). The second kappa shape index (κ2) is 6.19. The monoisotopic (exact) mass is 309 g/mol. The Morgan fingerprint density at radius 3 is 2.81 bits per heavy atom. The first-order valence-electron chi connectivity index (χ1n) is 7.64. The van der Waals surface area contributed by atoms with Crippen molar-refractivity contribution in [2.24, 2.45) is 0 Å². The van der Waals surface area contributed by atoms with E-state index in [1.165, 1.54) is 30.6 Å². The van der Waals surface area contributed by atoms with E-state index in [4.69, 9.17) is 5.73 Å². The topological polar surface area (TPSA) is 74.5 Å². The fourth-order valence-corrected chi connectivity index (χ4v) is 3.60. The summed E-state index contributed by atoms with van der Waals surface area (Å²) in [6.07, 6.45) is 4.64. The number of nitrogen functional groups attached to an aromatic ring is 1. The fourth-order valence-electron chi connectivity index (χ4n) is 2.67. The Hall–Kier alpha value is -1.34. The molecule has 1 saturated heterocycles. The van der Waals surface area contributed by atoms with E-state index in [0.717, 1.165) is 37.7 Å². The number of likely N-dealkylation sites (N-methyl/N-ethyl adjacent to an activating group) is 1. The van der Waals surface area contributed by atoms with Gasteiger partial charge in [-0.15, -0.1) is 0 Å². The van der Waals surface area contributed by atoms with E-state index >= 15 is 0 Å². The predicted molar refractivity (Wildman–Crippen MR) is 85.8 cm³/mol. The number of nitrogens with one attached hydrogen (secondary N) is 1. The molecule has 1 aliphatic heterocycles. The molecule has 0 atom stereocenters. The van der Waals surface area contributed by atoms with E-state index in [9.17, 15) is 4.79 Å². The van der Waals surface area contributed by atoms with Crippen LogP contribution in [0.3, 0.4) is 0 Å². The van der Waals surface area contributed by atoms with Gasteiger partial charge in [0.2, 0.25) is 0 Å². The van der Waals surface area contributed by atoms with Gasteiger partial charge in [0.05, 0.1) is 0 Å². The summed E-state index contributed by atoms with van der Waals surface area (Å²) in [5, 5.41) is 4.15. The normalized spacial score (nSPS) is 20.9. The van der Waals surface area contributed by atoms with Crippen molar-refractivity contribution >= 4 is 28.2 Å². The average molecular weight is 309 g/mol. The molecule has 3 N–H and O–H groups in total. The third-order valence-corrected chi connectivity index (χ3v) is 5.28. The number of carbonyl (C=O) groups excluding carboxylic acids is 1. The molecule has 1 amide bonds. The Balaban J connectivity index is 1.68. The molecule has 3 rings (SSSR count). The Bertz CT molecular complexity index is 513. The Morgan fingerprint density at radius 1 is 1.29 bits per heavy atom. The number of thiazole rings is 1. The molecule has 0 bridgehead atoms. The molecular weight excluding hydrogens is 286 g/mol. The second-order valence-electron chi connectivity index (χ2n) is 5.95. The minimum absolute atomic E-state index is 0.0296. The number of rotatable bonds is 3. The molecule has 6 nitrogen and oxygen atoms in total. The summed E-state index contributed by atoms with van der Waals surface area (Å²) in [7, 11) is 2.09. The van der Waals surface area contributed by atoms with Crippen molar-refractivity contribution in [2.75, 3.05) is 44.3 Å². The van der Waals surface area contributed by atoms with E-state index in [-0.39, 0.29) is 5.91 Å². The molecular formula is C14H23N5OS. The van der Waals surface area contributed by atoms with Crippen LogP contribution in [0.2, 0.25) is 0 Å². The molecule has 1 aromatic heterocycles. The van der Waals surface area contributed by atoms with Gasteiger partial charge in [0.25, 0.3) is 5.91 Å². The molecule has 2 heterocycles. The van der Waals surface area contributed by atoms with Crippen molar-refractivity contribution in [1.29, 1.82) is 0 Å². The highest BCUT2D eigenvalue weighted by Crippen LogP contribution is 2.30. The number of anilines is 2. The predicted octanol–water partition coefficient (Wildman–Crippen LogP) is 1.47. The molecule has 0 spiro atoms. The molecule has 2 aliphatic rings. The molecule has 1 saturated carbocycles. The van der Waals surface area contributed by atoms with Gasteiger partial charge in [0, 0.05) is 25.7 Å². The summed E-state index contributed by atoms with van der Waals surface area (Å²) in [4.78, 5) is 21.7. The third-order valence-electron chi connectivity index (χ3n) is 4.29. The highest BCUT2D eigenvalue weighted by molar-refractivity contribution is 7.18. The molecule has 1 aliphatic carbocycles. The zero-order valence-corrected chi connectivity index (χ0v) is 13.3. The molecule has 0 aromatic carbocycles. The highest BCUT2D eigenvalue weighted by atomic mass is 32.1. The van der Waals surface area contributed by atoms with Crippen LogP contribution in [0.25, 0.3) is 0 Å². The van der Waals surface area contributed by atoms with Crippen LogP contribution in [0.15, 0.2) is 0 Å². The highest BCUT2D eigenvalue weighted by Gasteiger charge is 2.25. The summed E-state index contributed by atoms with van der Waals surface area (Å²) < 4.78 is 0. The van der Waals surface area contributed by atoms with Gasteiger partial charge in [0.1, 0.15) is 10.7 Å². The first-order chi connectivity index (χ1) is 10.1. The minimum Gasteiger partial charge on any atom is -0.382 e. The lowest BCUT2D eigenvalue weighted by Crippen LogP contribution is -2.34. The van der Waals surface area contributed by atoms with Crippen LogP contribution in [0.4, 0.5) is 10.9 Å². The number of hydrogen-bond acceptors (Lipinski definition) is 6. The summed E-state index contributed by atoms with van der Waals surface area (Å²) >= 11 is 1.39. The molecule has 0 unspecified atom stereocenters. The van der Waals surface area contributed by atoms with Gasteiger partial charge in [-0.25, -0.2) is 4.98 Å². The Morgan fingerprint density at radius 2 is 2.10 bits per heavy atom. The second-order valence-corrected chi connectivity index (χ2v) is 6.95. The zero-order valence-electron chi connectivity index (χ0n) is 12.5. The van der Waals surface area contributed by atoms with Crippen LogP contribution >= 0.6 is 11.3 Å². The molecule has 2 fully saturated rings. The van der Waals surface area contributed by atoms with Gasteiger partial charge < -0.3 is 20.9 Å². The van der Waals surface area contributed by atoms with Crippen LogP contribution in [0, 0.1) is 0 Å². The molecule has 7 heteroatoms. The summed E-state index contributed by atoms with van der Waals surface area (Å²) in [5.41, 5.74) is 5.95. The van der Waals surface area contributed by atoms with E-state index in [1.54, 1.807) is 0 Å². The van der Waals surface area contributed by atoms with Gasteiger partial charge in [0.15, 0.2) is 5.13 Å². The average Bonchev–Trinajstić information content (AvgIpc) is 2.63. The molecule has 21 heavy (non-hydrogen) atoms. The van der Waals surface area contributed by atoms with E-state index in [1.807, 2.05) is 4.90 Å². The van der Waals surface area contributed by atoms with E-state index in [0.29, 0.717) is 16.7 Å². The van der Waals surface area contributed by atoms with Crippen molar-refractivity contribution < 1.29 is 4.79 Å². The summed E-state index contributed by atoms with van der Waals surface area (Å²) in [5.74, 6) is 0.395. The maximum Gasteiger partial charge on any atom is 0.267 e. The van der Waals surface area contributed by atoms with Crippen LogP contribution < -0.4 is 11.1 Å². The van der Waals surface area contributed by atoms with Crippen molar-refractivity contribution in [3.8, 4) is 0 Å². The number of amides is 1. The van der Waals surface area contributed by atoms with Crippen molar-refractivity contribution in [3.63, 3.8) is 0 Å². The SMILES string of the molecule is CN1CCCN(C(=O)c2sc(NC3CCC3)nc2N)CC1. The molecule has 116 valence electrons. The van der Waals surface area contributed by atoms with Crippen LogP contribution in [-0.2, 0) is 0 Å². The maximum absolute atomic E-state index is 12.6. The minimum atomic E-state index is 0.0296. The first kappa shape index (κ1) is 14.6. The van der Waals surface area contributed by atoms with Gasteiger partial charge in [-0.3, -0.25) is 4.79 Å². The summed E-state index contributed by atoms with van der Waals surface area (Å²) in [6.45, 7) is 3.51. The Kier molecular flexibility index (Phi) is 4.30. The number of nitrogens with two attached hydrogens (primary N) is 1. The number of hydrogen-bond donors (Lipinski definition) is 2.